The second-order valence-electron chi connectivity index (χ2n) is 4.12. The zero-order chi connectivity index (χ0) is 15.0. The van der Waals surface area contributed by atoms with Gasteiger partial charge in [-0.1, -0.05) is 12.1 Å². The van der Waals surface area contributed by atoms with Gasteiger partial charge in [0.2, 0.25) is 10.0 Å². The van der Waals surface area contributed by atoms with Crippen molar-refractivity contribution < 1.29 is 12.8 Å². The maximum absolute atomic E-state index is 12.8. The number of nitrogens with two attached hydrogens (primary N) is 1. The molecule has 0 heterocycles. The van der Waals surface area contributed by atoms with E-state index in [9.17, 15) is 12.8 Å². The van der Waals surface area contributed by atoms with Crippen LogP contribution in [0.5, 0.6) is 0 Å². The second kappa shape index (κ2) is 7.81. The quantitative estimate of drug-likeness (QED) is 0.515. The van der Waals surface area contributed by atoms with Gasteiger partial charge in [-0.25, -0.2) is 22.9 Å². The molecule has 8 heteroatoms. The maximum atomic E-state index is 12.8. The highest BCUT2D eigenvalue weighted by molar-refractivity contribution is 7.89. The molecule has 4 N–H and O–H groups in total. The predicted octanol–water partition coefficient (Wildman–Crippen LogP) is 0.169. The van der Waals surface area contributed by atoms with E-state index in [2.05, 4.69) is 15.6 Å². The molecule has 0 aliphatic heterocycles. The van der Waals surface area contributed by atoms with Gasteiger partial charge in [-0.05, 0) is 24.6 Å². The average Bonchev–Trinajstić information content (AvgIpc) is 2.36. The van der Waals surface area contributed by atoms with Crippen LogP contribution < -0.4 is 15.8 Å². The fraction of sp³-hybridized carbons (Fsp3) is 0.417. The van der Waals surface area contributed by atoms with Gasteiger partial charge >= 0.3 is 0 Å². The lowest BCUT2D eigenvalue weighted by atomic mass is 10.2. The highest BCUT2D eigenvalue weighted by Gasteiger charge is 2.03. The molecule has 20 heavy (non-hydrogen) atoms. The molecule has 0 aliphatic rings. The molecule has 0 fully saturated rings. The number of primary sulfonamides is 1. The summed E-state index contributed by atoms with van der Waals surface area (Å²) in [6.45, 7) is 3.08. The van der Waals surface area contributed by atoms with Gasteiger partial charge in [0.15, 0.2) is 5.96 Å². The first kappa shape index (κ1) is 16.4. The van der Waals surface area contributed by atoms with E-state index in [0.717, 1.165) is 5.56 Å². The van der Waals surface area contributed by atoms with Gasteiger partial charge in [-0.3, -0.25) is 0 Å². The number of rotatable bonds is 6. The molecule has 0 aliphatic carbocycles. The molecule has 0 bridgehead atoms. The third-order valence-corrected chi connectivity index (χ3v) is 3.13. The molecular formula is C12H19FN4O2S. The number of guanidine groups is 1. The van der Waals surface area contributed by atoms with Crippen LogP contribution in [0.15, 0.2) is 29.3 Å². The summed E-state index contributed by atoms with van der Waals surface area (Å²) in [7, 11) is -3.49. The lowest BCUT2D eigenvalue weighted by Crippen LogP contribution is -2.40. The third kappa shape index (κ3) is 7.05. The largest absolute Gasteiger partial charge is 0.357 e. The second-order valence-corrected chi connectivity index (χ2v) is 5.85. The first-order valence-electron chi connectivity index (χ1n) is 6.18. The Hall–Kier alpha value is -1.67. The van der Waals surface area contributed by atoms with Crippen LogP contribution in [0.3, 0.4) is 0 Å². The summed E-state index contributed by atoms with van der Waals surface area (Å²) in [5, 5.41) is 10.8. The van der Waals surface area contributed by atoms with Gasteiger partial charge in [-0.2, -0.15) is 0 Å². The normalized spacial score (nSPS) is 12.2. The lowest BCUT2D eigenvalue weighted by molar-refractivity contribution is 0.596. The molecule has 0 aromatic heterocycles. The Morgan fingerprint density at radius 1 is 1.30 bits per heavy atom. The van der Waals surface area contributed by atoms with Crippen molar-refractivity contribution in [3.05, 3.63) is 35.6 Å². The topological polar surface area (TPSA) is 96.6 Å². The summed E-state index contributed by atoms with van der Waals surface area (Å²) in [5.74, 6) is 0.0184. The van der Waals surface area contributed by atoms with Crippen molar-refractivity contribution in [2.24, 2.45) is 10.1 Å². The maximum Gasteiger partial charge on any atom is 0.210 e. The molecule has 112 valence electrons. The average molecular weight is 302 g/mol. The molecule has 0 saturated heterocycles. The Morgan fingerprint density at radius 3 is 2.50 bits per heavy atom. The van der Waals surface area contributed by atoms with Crippen LogP contribution in [0.25, 0.3) is 0 Å². The van der Waals surface area contributed by atoms with Gasteiger partial charge in [0.1, 0.15) is 5.82 Å². The summed E-state index contributed by atoms with van der Waals surface area (Å²) in [4.78, 5) is 4.27. The first-order valence-corrected chi connectivity index (χ1v) is 7.89. The van der Waals surface area contributed by atoms with Crippen molar-refractivity contribution in [1.82, 2.24) is 10.6 Å². The number of sulfonamides is 1. The fourth-order valence-corrected chi connectivity index (χ4v) is 1.80. The van der Waals surface area contributed by atoms with E-state index in [0.29, 0.717) is 19.0 Å². The number of aliphatic imine (C=N–C) groups is 1. The predicted molar refractivity (Wildman–Crippen MR) is 77.2 cm³/mol. The van der Waals surface area contributed by atoms with Crippen LogP contribution in [0, 0.1) is 5.82 Å². The standard InChI is InChI=1S/C12H19FN4O2S/c1-2-15-12(16-7-8-20(14,18)19)17-9-10-3-5-11(13)6-4-10/h3-6H,2,7-9H2,1H3,(H2,14,18,19)(H2,15,16,17). The Kier molecular flexibility index (Phi) is 6.40. The van der Waals surface area contributed by atoms with Crippen molar-refractivity contribution in [1.29, 1.82) is 0 Å². The van der Waals surface area contributed by atoms with Crippen LogP contribution >= 0.6 is 0 Å². The first-order chi connectivity index (χ1) is 9.40. The highest BCUT2D eigenvalue weighted by atomic mass is 32.2. The molecule has 0 unspecified atom stereocenters. The fourth-order valence-electron chi connectivity index (χ4n) is 1.41. The van der Waals surface area contributed by atoms with E-state index in [1.165, 1.54) is 12.1 Å². The number of halogens is 1. The van der Waals surface area contributed by atoms with Crippen molar-refractivity contribution in [3.63, 3.8) is 0 Å². The minimum atomic E-state index is -3.49. The Bertz CT molecular complexity index is 543. The molecule has 0 atom stereocenters. The summed E-state index contributed by atoms with van der Waals surface area (Å²) in [6, 6.07) is 6.03. The zero-order valence-corrected chi connectivity index (χ0v) is 12.1. The highest BCUT2D eigenvalue weighted by Crippen LogP contribution is 2.03. The van der Waals surface area contributed by atoms with Gasteiger partial charge < -0.3 is 10.6 Å². The van der Waals surface area contributed by atoms with Gasteiger partial charge in [-0.15, -0.1) is 0 Å². The van der Waals surface area contributed by atoms with Crippen molar-refractivity contribution in [2.45, 2.75) is 13.5 Å². The van der Waals surface area contributed by atoms with Crippen LogP contribution in [0.1, 0.15) is 12.5 Å². The number of benzene rings is 1. The van der Waals surface area contributed by atoms with Crippen molar-refractivity contribution in [2.75, 3.05) is 18.8 Å². The SMILES string of the molecule is CCNC(=NCc1ccc(F)cc1)NCCS(N)(=O)=O. The molecule has 1 rings (SSSR count). The molecule has 0 saturated carbocycles. The molecular weight excluding hydrogens is 283 g/mol. The summed E-state index contributed by atoms with van der Waals surface area (Å²) in [6.07, 6.45) is 0. The van der Waals surface area contributed by atoms with Crippen molar-refractivity contribution >= 4 is 16.0 Å². The van der Waals surface area contributed by atoms with Crippen molar-refractivity contribution in [3.8, 4) is 0 Å². The minimum absolute atomic E-state index is 0.173. The van der Waals surface area contributed by atoms with E-state index in [-0.39, 0.29) is 18.1 Å². The Morgan fingerprint density at radius 2 is 1.95 bits per heavy atom. The third-order valence-electron chi connectivity index (χ3n) is 2.36. The molecule has 6 nitrogen and oxygen atoms in total. The zero-order valence-electron chi connectivity index (χ0n) is 11.3. The van der Waals surface area contributed by atoms with E-state index in [1.54, 1.807) is 12.1 Å². The summed E-state index contributed by atoms with van der Waals surface area (Å²) >= 11 is 0. The Balaban J connectivity index is 2.55. The van der Waals surface area contributed by atoms with E-state index >= 15 is 0 Å². The van der Waals surface area contributed by atoms with E-state index < -0.39 is 10.0 Å². The number of hydrogen-bond donors (Lipinski definition) is 3. The molecule has 0 amide bonds. The number of nitrogens with one attached hydrogen (secondary N) is 2. The Labute approximate surface area is 118 Å². The van der Waals surface area contributed by atoms with E-state index in [4.69, 9.17) is 5.14 Å². The van der Waals surface area contributed by atoms with Gasteiger partial charge in [0, 0.05) is 13.1 Å². The van der Waals surface area contributed by atoms with E-state index in [1.807, 2.05) is 6.92 Å². The molecule has 1 aromatic rings. The van der Waals surface area contributed by atoms with Gasteiger partial charge in [0.25, 0.3) is 0 Å². The van der Waals surface area contributed by atoms with Crippen LogP contribution in [0.2, 0.25) is 0 Å². The lowest BCUT2D eigenvalue weighted by Gasteiger charge is -2.10. The smallest absolute Gasteiger partial charge is 0.210 e. The summed E-state index contributed by atoms with van der Waals surface area (Å²) < 4.78 is 34.4. The van der Waals surface area contributed by atoms with Crippen LogP contribution in [0.4, 0.5) is 4.39 Å². The summed E-state index contributed by atoms with van der Waals surface area (Å²) in [5.41, 5.74) is 0.857. The molecule has 1 aromatic carbocycles. The number of hydrogen-bond acceptors (Lipinski definition) is 3. The van der Waals surface area contributed by atoms with Crippen LogP contribution in [-0.2, 0) is 16.6 Å². The monoisotopic (exact) mass is 302 g/mol. The minimum Gasteiger partial charge on any atom is -0.357 e. The van der Waals surface area contributed by atoms with Crippen LogP contribution in [-0.4, -0.2) is 33.2 Å². The molecule has 0 spiro atoms. The number of nitrogens with zero attached hydrogens (tertiary/aromatic N) is 1. The van der Waals surface area contributed by atoms with Gasteiger partial charge in [0.05, 0.1) is 12.3 Å². The molecule has 0 radical (unpaired) electrons.